The first kappa shape index (κ1) is 17.3. The van der Waals surface area contributed by atoms with E-state index in [1.54, 1.807) is 6.07 Å². The van der Waals surface area contributed by atoms with Crippen molar-refractivity contribution in [1.82, 2.24) is 9.97 Å². The molecule has 124 valence electrons. The number of ether oxygens (including phenoxy) is 1. The van der Waals surface area contributed by atoms with Crippen molar-refractivity contribution in [3.63, 3.8) is 0 Å². The zero-order valence-corrected chi connectivity index (χ0v) is 16.2. The van der Waals surface area contributed by atoms with Gasteiger partial charge in [0.05, 0.1) is 0 Å². The van der Waals surface area contributed by atoms with Crippen molar-refractivity contribution in [3.8, 4) is 0 Å². The Morgan fingerprint density at radius 1 is 1.42 bits per heavy atom. The molecule has 2 heterocycles. The number of nitrogens with one attached hydrogen (secondary N) is 1. The van der Waals surface area contributed by atoms with Gasteiger partial charge in [0.25, 0.3) is 0 Å². The quantitative estimate of drug-likeness (QED) is 0.497. The second kappa shape index (κ2) is 7.15. The Bertz CT molecular complexity index is 931. The minimum atomic E-state index is -0.459. The SMILES string of the molecule is CCOC(=S)c1[se]c(C)c2c(Nc3ccc(F)c(Cl)c3)ncnc12. The van der Waals surface area contributed by atoms with Gasteiger partial charge in [-0.05, 0) is 0 Å². The molecule has 1 N–H and O–H groups in total. The van der Waals surface area contributed by atoms with E-state index in [1.807, 2.05) is 13.8 Å². The number of aromatic nitrogens is 2. The van der Waals surface area contributed by atoms with E-state index in [0.29, 0.717) is 23.2 Å². The molecule has 0 aliphatic rings. The fraction of sp³-hybridized carbons (Fsp3) is 0.188. The molecule has 0 fully saturated rings. The van der Waals surface area contributed by atoms with Crippen molar-refractivity contribution in [1.29, 1.82) is 0 Å². The van der Waals surface area contributed by atoms with Crippen LogP contribution in [0, 0.1) is 12.7 Å². The fourth-order valence-corrected chi connectivity index (χ4v) is 4.98. The molecule has 3 aromatic rings. The Balaban J connectivity index is 2.05. The first-order valence-electron chi connectivity index (χ1n) is 7.14. The first-order valence-corrected chi connectivity index (χ1v) is 9.64. The first-order chi connectivity index (χ1) is 11.5. The molecular formula is C16H13ClFN3OSSe. The van der Waals surface area contributed by atoms with E-state index in [4.69, 9.17) is 28.6 Å². The summed E-state index contributed by atoms with van der Waals surface area (Å²) in [5.41, 5.74) is 1.46. The number of hydrogen-bond acceptors (Lipinski definition) is 5. The molecule has 0 saturated carbocycles. The number of benzene rings is 1. The van der Waals surface area contributed by atoms with Gasteiger partial charge in [-0.15, -0.1) is 0 Å². The van der Waals surface area contributed by atoms with Crippen molar-refractivity contribution in [3.05, 3.63) is 44.2 Å². The van der Waals surface area contributed by atoms with Crippen LogP contribution in [-0.2, 0) is 4.74 Å². The fourth-order valence-electron chi connectivity index (χ4n) is 2.28. The van der Waals surface area contributed by atoms with Crippen LogP contribution in [0.5, 0.6) is 0 Å². The predicted octanol–water partition coefficient (Wildman–Crippen LogP) is 4.24. The summed E-state index contributed by atoms with van der Waals surface area (Å²) in [6, 6.07) is 4.45. The van der Waals surface area contributed by atoms with Crippen LogP contribution in [0.2, 0.25) is 5.02 Å². The molecule has 0 aliphatic heterocycles. The number of hydrogen-bond donors (Lipinski definition) is 1. The van der Waals surface area contributed by atoms with Gasteiger partial charge in [-0.1, -0.05) is 0 Å². The molecule has 0 saturated heterocycles. The molecular weight excluding hydrogens is 416 g/mol. The Labute approximate surface area is 154 Å². The number of nitrogens with zero attached hydrogens (tertiary/aromatic N) is 2. The zero-order valence-electron chi connectivity index (χ0n) is 12.9. The average molecular weight is 429 g/mol. The number of anilines is 2. The summed E-state index contributed by atoms with van der Waals surface area (Å²) < 4.78 is 20.9. The molecule has 8 heteroatoms. The second-order valence-corrected chi connectivity index (χ2v) is 8.26. The van der Waals surface area contributed by atoms with Gasteiger partial charge in [-0.2, -0.15) is 0 Å². The molecule has 0 atom stereocenters. The molecule has 24 heavy (non-hydrogen) atoms. The maximum absolute atomic E-state index is 13.3. The van der Waals surface area contributed by atoms with Crippen LogP contribution in [0.15, 0.2) is 24.5 Å². The van der Waals surface area contributed by atoms with Gasteiger partial charge in [0.1, 0.15) is 0 Å². The molecule has 1 aromatic carbocycles. The summed E-state index contributed by atoms with van der Waals surface area (Å²) in [5.74, 6) is 0.190. The Morgan fingerprint density at radius 2 is 2.21 bits per heavy atom. The van der Waals surface area contributed by atoms with Gasteiger partial charge in [-0.25, -0.2) is 0 Å². The third-order valence-corrected chi connectivity index (χ3v) is 6.51. The number of fused-ring (bicyclic) bond motifs is 1. The van der Waals surface area contributed by atoms with Gasteiger partial charge < -0.3 is 0 Å². The van der Waals surface area contributed by atoms with Crippen LogP contribution in [-0.4, -0.2) is 36.1 Å². The third kappa shape index (κ3) is 3.30. The molecule has 3 rings (SSSR count). The molecule has 0 amide bonds. The van der Waals surface area contributed by atoms with Crippen LogP contribution in [0.3, 0.4) is 0 Å². The minimum absolute atomic E-state index is 0.0431. The summed E-state index contributed by atoms with van der Waals surface area (Å²) in [4.78, 5) is 8.70. The summed E-state index contributed by atoms with van der Waals surface area (Å²) >= 11 is 11.2. The van der Waals surface area contributed by atoms with Crippen LogP contribution in [0.1, 0.15) is 15.8 Å². The van der Waals surface area contributed by atoms with Gasteiger partial charge in [0.15, 0.2) is 0 Å². The molecule has 0 aliphatic carbocycles. The van der Waals surface area contributed by atoms with E-state index in [-0.39, 0.29) is 19.5 Å². The molecule has 0 spiro atoms. The number of halogens is 2. The van der Waals surface area contributed by atoms with Gasteiger partial charge in [0.2, 0.25) is 0 Å². The molecule has 0 bridgehead atoms. The predicted molar refractivity (Wildman–Crippen MR) is 99.2 cm³/mol. The van der Waals surface area contributed by atoms with Gasteiger partial charge in [-0.3, -0.25) is 0 Å². The Kier molecular flexibility index (Phi) is 5.15. The molecule has 2 aromatic heterocycles. The average Bonchev–Trinajstić information content (AvgIpc) is 2.89. The number of rotatable bonds is 4. The normalized spacial score (nSPS) is 10.8. The summed E-state index contributed by atoms with van der Waals surface area (Å²) in [7, 11) is 0. The van der Waals surface area contributed by atoms with Crippen molar-refractivity contribution < 1.29 is 9.13 Å². The summed E-state index contributed by atoms with van der Waals surface area (Å²) in [6.45, 7) is 4.46. The van der Waals surface area contributed by atoms with Crippen LogP contribution in [0.4, 0.5) is 15.9 Å². The molecule has 0 radical (unpaired) electrons. The third-order valence-electron chi connectivity index (χ3n) is 3.31. The van der Waals surface area contributed by atoms with Gasteiger partial charge in [0, 0.05) is 0 Å². The summed E-state index contributed by atoms with van der Waals surface area (Å²) in [5, 5.41) is 4.66. The number of thiocarbonyl (C=S) groups is 1. The van der Waals surface area contributed by atoms with Crippen molar-refractivity contribution in [2.75, 3.05) is 11.9 Å². The van der Waals surface area contributed by atoms with Crippen molar-refractivity contribution >= 4 is 65.8 Å². The summed E-state index contributed by atoms with van der Waals surface area (Å²) in [6.07, 6.45) is 1.48. The van der Waals surface area contributed by atoms with E-state index in [1.165, 1.54) is 18.5 Å². The Hall–Kier alpha value is -1.53. The monoisotopic (exact) mass is 429 g/mol. The topological polar surface area (TPSA) is 47.0 Å². The standard InChI is InChI=1S/C16H13ClFN3OSSe/c1-3-22-16(23)14-13-12(8(2)24-14)15(20-7-19-13)21-9-4-5-11(18)10(17)6-9/h4-7H,3H2,1-2H3,(H,19,20,21). The zero-order chi connectivity index (χ0) is 17.3. The van der Waals surface area contributed by atoms with Crippen LogP contribution < -0.4 is 5.32 Å². The van der Waals surface area contributed by atoms with E-state index in [9.17, 15) is 4.39 Å². The number of aryl methyl sites for hydroxylation is 1. The second-order valence-electron chi connectivity index (χ2n) is 4.91. The maximum atomic E-state index is 13.3. The van der Waals surface area contributed by atoms with E-state index >= 15 is 0 Å². The van der Waals surface area contributed by atoms with E-state index in [2.05, 4.69) is 15.3 Å². The van der Waals surface area contributed by atoms with Crippen LogP contribution in [0.25, 0.3) is 10.9 Å². The van der Waals surface area contributed by atoms with Gasteiger partial charge >= 0.3 is 155 Å². The Morgan fingerprint density at radius 3 is 2.92 bits per heavy atom. The molecule has 0 unspecified atom stereocenters. The van der Waals surface area contributed by atoms with Crippen molar-refractivity contribution in [2.45, 2.75) is 13.8 Å². The molecule has 4 nitrogen and oxygen atoms in total. The van der Waals surface area contributed by atoms with E-state index < -0.39 is 5.82 Å². The van der Waals surface area contributed by atoms with E-state index in [0.717, 1.165) is 19.8 Å². The van der Waals surface area contributed by atoms with Crippen molar-refractivity contribution in [2.24, 2.45) is 0 Å². The van der Waals surface area contributed by atoms with Crippen LogP contribution >= 0.6 is 23.8 Å².